The maximum atomic E-state index is 4.10. The van der Waals surface area contributed by atoms with Gasteiger partial charge in [-0.1, -0.05) is 33.8 Å². The molecule has 0 saturated carbocycles. The lowest BCUT2D eigenvalue weighted by Gasteiger charge is -2.13. The molecule has 1 aliphatic rings. The van der Waals surface area contributed by atoms with Crippen molar-refractivity contribution >= 4 is 11.4 Å². The predicted octanol–water partition coefficient (Wildman–Crippen LogP) is 4.30. The van der Waals surface area contributed by atoms with Crippen molar-refractivity contribution < 1.29 is 0 Å². The molecule has 0 aliphatic carbocycles. The van der Waals surface area contributed by atoms with Gasteiger partial charge in [0.25, 0.3) is 0 Å². The molecule has 82 valence electrons. The van der Waals surface area contributed by atoms with Crippen LogP contribution in [0.25, 0.3) is 0 Å². The van der Waals surface area contributed by atoms with E-state index in [1.807, 2.05) is 13.8 Å². The van der Waals surface area contributed by atoms with Crippen LogP contribution in [0.5, 0.6) is 0 Å². The second-order valence-corrected chi connectivity index (χ2v) is 3.51. The van der Waals surface area contributed by atoms with Gasteiger partial charge in [-0.25, -0.2) is 0 Å². The zero-order valence-electron chi connectivity index (χ0n) is 9.91. The topological polar surface area (TPSA) is 36.8 Å². The van der Waals surface area contributed by atoms with E-state index in [-0.39, 0.29) is 0 Å². The molecule has 0 saturated heterocycles. The van der Waals surface area contributed by atoms with Crippen LogP contribution < -0.4 is 5.32 Å². The number of fused-ring (bicyclic) bond motifs is 1. The quantitative estimate of drug-likeness (QED) is 0.729. The molecule has 3 nitrogen and oxygen atoms in total. The van der Waals surface area contributed by atoms with Crippen LogP contribution in [0.4, 0.5) is 11.4 Å². The summed E-state index contributed by atoms with van der Waals surface area (Å²) >= 11 is 0. The Kier molecular flexibility index (Phi) is 4.28. The molecule has 0 spiro atoms. The maximum Gasteiger partial charge on any atom is 0.129 e. The molecule has 0 fully saturated rings. The van der Waals surface area contributed by atoms with E-state index in [0.29, 0.717) is 12.6 Å². The average molecular weight is 205 g/mol. The summed E-state index contributed by atoms with van der Waals surface area (Å²) in [5.41, 5.74) is 3.35. The van der Waals surface area contributed by atoms with Gasteiger partial charge in [0.2, 0.25) is 0 Å². The fourth-order valence-corrected chi connectivity index (χ4v) is 1.37. The van der Waals surface area contributed by atoms with E-state index in [9.17, 15) is 0 Å². The number of nitrogens with zero attached hydrogens (tertiary/aromatic N) is 2. The molecular weight excluding hydrogens is 186 g/mol. The molecule has 1 aliphatic heterocycles. The van der Waals surface area contributed by atoms with Gasteiger partial charge < -0.3 is 5.32 Å². The van der Waals surface area contributed by atoms with Gasteiger partial charge in [0, 0.05) is 0 Å². The average Bonchev–Trinajstić information content (AvgIpc) is 2.31. The highest BCUT2D eigenvalue weighted by atomic mass is 15.2. The SMILES string of the molecule is CC.CC(C)c1ccc2c(c1)N=NCN2. The second kappa shape index (κ2) is 5.49. The molecule has 0 amide bonds. The first kappa shape index (κ1) is 11.7. The Bertz CT molecular complexity index is 343. The summed E-state index contributed by atoms with van der Waals surface area (Å²) in [7, 11) is 0. The Labute approximate surface area is 91.6 Å². The number of nitrogens with one attached hydrogen (secondary N) is 1. The Hall–Kier alpha value is -1.38. The Morgan fingerprint density at radius 2 is 2.00 bits per heavy atom. The van der Waals surface area contributed by atoms with Gasteiger partial charge in [-0.2, -0.15) is 10.2 Å². The largest absolute Gasteiger partial charge is 0.363 e. The first-order chi connectivity index (χ1) is 7.27. The molecule has 0 atom stereocenters. The zero-order chi connectivity index (χ0) is 11.3. The van der Waals surface area contributed by atoms with Gasteiger partial charge in [0.15, 0.2) is 0 Å². The fraction of sp³-hybridized carbons (Fsp3) is 0.500. The van der Waals surface area contributed by atoms with Gasteiger partial charge in [-0.05, 0) is 23.6 Å². The van der Waals surface area contributed by atoms with E-state index in [0.717, 1.165) is 11.4 Å². The lowest BCUT2D eigenvalue weighted by molar-refractivity contribution is 0.863. The van der Waals surface area contributed by atoms with Gasteiger partial charge in [-0.3, -0.25) is 0 Å². The third-order valence-electron chi connectivity index (χ3n) is 2.21. The molecule has 2 rings (SSSR count). The van der Waals surface area contributed by atoms with E-state index < -0.39 is 0 Å². The minimum absolute atomic E-state index is 0.544. The van der Waals surface area contributed by atoms with Crippen LogP contribution >= 0.6 is 0 Å². The summed E-state index contributed by atoms with van der Waals surface area (Å²) < 4.78 is 0. The van der Waals surface area contributed by atoms with Gasteiger partial charge in [0.05, 0.1) is 5.69 Å². The monoisotopic (exact) mass is 205 g/mol. The number of benzene rings is 1. The molecule has 1 aromatic rings. The molecule has 0 radical (unpaired) electrons. The van der Waals surface area contributed by atoms with E-state index in [2.05, 4.69) is 47.6 Å². The fourth-order valence-electron chi connectivity index (χ4n) is 1.37. The summed E-state index contributed by atoms with van der Waals surface area (Å²) in [6.45, 7) is 8.94. The highest BCUT2D eigenvalue weighted by Gasteiger charge is 2.07. The minimum Gasteiger partial charge on any atom is -0.363 e. The van der Waals surface area contributed by atoms with Crippen LogP contribution in [0.15, 0.2) is 28.4 Å². The molecule has 1 N–H and O–H groups in total. The number of anilines is 1. The minimum atomic E-state index is 0.544. The molecule has 0 bridgehead atoms. The van der Waals surface area contributed by atoms with Crippen LogP contribution in [0.3, 0.4) is 0 Å². The van der Waals surface area contributed by atoms with Crippen molar-refractivity contribution in [3.63, 3.8) is 0 Å². The van der Waals surface area contributed by atoms with Crippen molar-refractivity contribution in [1.29, 1.82) is 0 Å². The summed E-state index contributed by atoms with van der Waals surface area (Å²) in [4.78, 5) is 0. The molecule has 1 heterocycles. The van der Waals surface area contributed by atoms with Crippen LogP contribution in [-0.4, -0.2) is 6.67 Å². The van der Waals surface area contributed by atoms with Crippen LogP contribution in [0.2, 0.25) is 0 Å². The third-order valence-corrected chi connectivity index (χ3v) is 2.21. The molecule has 1 aromatic carbocycles. The van der Waals surface area contributed by atoms with Crippen molar-refractivity contribution in [2.75, 3.05) is 12.0 Å². The lowest BCUT2D eigenvalue weighted by atomic mass is 10.0. The number of rotatable bonds is 1. The van der Waals surface area contributed by atoms with Crippen LogP contribution in [0, 0.1) is 0 Å². The van der Waals surface area contributed by atoms with Crippen LogP contribution in [0.1, 0.15) is 39.2 Å². The highest BCUT2D eigenvalue weighted by Crippen LogP contribution is 2.31. The van der Waals surface area contributed by atoms with Crippen molar-refractivity contribution in [2.45, 2.75) is 33.6 Å². The standard InChI is InChI=1S/C10H13N3.C2H6/c1-7(2)8-3-4-9-10(5-8)13-12-6-11-9;1-2/h3-5,7,11H,6H2,1-2H3;1-2H3. The molecule has 3 heteroatoms. The van der Waals surface area contributed by atoms with E-state index in [1.54, 1.807) is 0 Å². The summed E-state index contributed by atoms with van der Waals surface area (Å²) in [5.74, 6) is 0.544. The van der Waals surface area contributed by atoms with Crippen LogP contribution in [-0.2, 0) is 0 Å². The third kappa shape index (κ3) is 2.78. The van der Waals surface area contributed by atoms with Crippen molar-refractivity contribution in [3.05, 3.63) is 23.8 Å². The van der Waals surface area contributed by atoms with Crippen molar-refractivity contribution in [2.24, 2.45) is 10.2 Å². The summed E-state index contributed by atoms with van der Waals surface area (Å²) in [6.07, 6.45) is 0. The molecule has 0 aromatic heterocycles. The number of hydrogen-bond donors (Lipinski definition) is 1. The van der Waals surface area contributed by atoms with Crippen molar-refractivity contribution in [3.8, 4) is 0 Å². The first-order valence-corrected chi connectivity index (χ1v) is 5.52. The Balaban J connectivity index is 0.000000531. The smallest absolute Gasteiger partial charge is 0.129 e. The zero-order valence-corrected chi connectivity index (χ0v) is 9.91. The molecule has 15 heavy (non-hydrogen) atoms. The molecule has 0 unspecified atom stereocenters. The van der Waals surface area contributed by atoms with E-state index in [4.69, 9.17) is 0 Å². The normalized spacial score (nSPS) is 12.6. The predicted molar refractivity (Wildman–Crippen MR) is 64.9 cm³/mol. The Morgan fingerprint density at radius 3 is 2.67 bits per heavy atom. The summed E-state index contributed by atoms with van der Waals surface area (Å²) in [5, 5.41) is 11.2. The van der Waals surface area contributed by atoms with E-state index >= 15 is 0 Å². The Morgan fingerprint density at radius 1 is 1.27 bits per heavy atom. The first-order valence-electron chi connectivity index (χ1n) is 5.52. The summed E-state index contributed by atoms with van der Waals surface area (Å²) in [6, 6.07) is 6.30. The molecular formula is C12H19N3. The second-order valence-electron chi connectivity index (χ2n) is 3.51. The highest BCUT2D eigenvalue weighted by molar-refractivity contribution is 5.67. The maximum absolute atomic E-state index is 4.10. The van der Waals surface area contributed by atoms with Crippen molar-refractivity contribution in [1.82, 2.24) is 0 Å². The lowest BCUT2D eigenvalue weighted by Crippen LogP contribution is -2.02. The van der Waals surface area contributed by atoms with Gasteiger partial charge in [-0.15, -0.1) is 0 Å². The van der Waals surface area contributed by atoms with Gasteiger partial charge >= 0.3 is 0 Å². The van der Waals surface area contributed by atoms with E-state index in [1.165, 1.54) is 5.56 Å². The number of hydrogen-bond acceptors (Lipinski definition) is 3. The number of azo groups is 1. The van der Waals surface area contributed by atoms with Gasteiger partial charge in [0.1, 0.15) is 12.4 Å².